The lowest BCUT2D eigenvalue weighted by molar-refractivity contribution is -0.163. The summed E-state index contributed by atoms with van der Waals surface area (Å²) in [5.74, 6) is -6.68. The van der Waals surface area contributed by atoms with Crippen molar-refractivity contribution in [2.24, 2.45) is 0 Å². The molecule has 0 aliphatic carbocycles. The van der Waals surface area contributed by atoms with Crippen LogP contribution in [-0.4, -0.2) is 36.2 Å². The maximum absolute atomic E-state index is 12.9. The van der Waals surface area contributed by atoms with E-state index in [1.165, 1.54) is 12.1 Å². The lowest BCUT2D eigenvalue weighted by Gasteiger charge is -2.17. The molecule has 1 fully saturated rings. The molecular weight excluding hydrogens is 288 g/mol. The third-order valence-corrected chi connectivity index (χ3v) is 3.37. The molecule has 1 amide bonds. The average Bonchev–Trinajstić information content (AvgIpc) is 2.91. The molecule has 0 bridgehead atoms. The maximum Gasteiger partial charge on any atom is 0.383 e. The van der Waals surface area contributed by atoms with Crippen LogP contribution in [0.3, 0.4) is 0 Å². The first-order valence-corrected chi connectivity index (χ1v) is 6.68. The molecule has 0 radical (unpaired) electrons. The van der Waals surface area contributed by atoms with E-state index in [2.05, 4.69) is 4.90 Å². The Labute approximate surface area is 119 Å². The number of carbonyl (C=O) groups excluding carboxylic acids is 1. The van der Waals surface area contributed by atoms with E-state index < -0.39 is 18.3 Å². The van der Waals surface area contributed by atoms with Gasteiger partial charge in [0.25, 0.3) is 0 Å². The summed E-state index contributed by atoms with van der Waals surface area (Å²) in [7, 11) is 0. The van der Waals surface area contributed by atoms with Crippen LogP contribution in [0.25, 0.3) is 0 Å². The van der Waals surface area contributed by atoms with Gasteiger partial charge in [0, 0.05) is 12.2 Å². The molecule has 0 spiro atoms. The molecule has 3 nitrogen and oxygen atoms in total. The van der Waals surface area contributed by atoms with Crippen molar-refractivity contribution in [2.75, 3.05) is 18.4 Å². The Bertz CT molecular complexity index is 502. The fraction of sp³-hybridized carbons (Fsp3) is 0.500. The zero-order valence-electron chi connectivity index (χ0n) is 11.3. The molecule has 1 N–H and O–H groups in total. The second-order valence-corrected chi connectivity index (χ2v) is 5.06. The zero-order valence-corrected chi connectivity index (χ0v) is 11.3. The van der Waals surface area contributed by atoms with Gasteiger partial charge in [0.05, 0.1) is 0 Å². The van der Waals surface area contributed by atoms with Crippen molar-refractivity contribution in [3.63, 3.8) is 0 Å². The molecule has 0 unspecified atom stereocenters. The van der Waals surface area contributed by atoms with E-state index in [1.807, 2.05) is 5.32 Å². The van der Waals surface area contributed by atoms with Crippen LogP contribution in [0.2, 0.25) is 0 Å². The maximum atomic E-state index is 12.9. The van der Waals surface area contributed by atoms with Gasteiger partial charge in [-0.2, -0.15) is 8.78 Å². The summed E-state index contributed by atoms with van der Waals surface area (Å²) in [4.78, 5) is 13.4. The van der Waals surface area contributed by atoms with Crippen LogP contribution < -0.4 is 5.32 Å². The Morgan fingerprint density at radius 3 is 2.57 bits per heavy atom. The molecule has 0 saturated carbocycles. The van der Waals surface area contributed by atoms with Gasteiger partial charge in [0.15, 0.2) is 0 Å². The van der Waals surface area contributed by atoms with E-state index in [1.54, 1.807) is 12.1 Å². The monoisotopic (exact) mass is 304 g/mol. The molecule has 0 atom stereocenters. The van der Waals surface area contributed by atoms with Crippen LogP contribution in [0.4, 0.5) is 23.2 Å². The number of nitrogens with one attached hydrogen (secondary N) is 1. The van der Waals surface area contributed by atoms with E-state index in [-0.39, 0.29) is 5.69 Å². The summed E-state index contributed by atoms with van der Waals surface area (Å²) in [6.45, 7) is 2.59. The molecule has 1 aromatic carbocycles. The number of hydrogen-bond acceptors (Lipinski definition) is 2. The Balaban J connectivity index is 2.02. The van der Waals surface area contributed by atoms with Crippen molar-refractivity contribution in [2.45, 2.75) is 31.7 Å². The summed E-state index contributed by atoms with van der Waals surface area (Å²) >= 11 is 0. The summed E-state index contributed by atoms with van der Waals surface area (Å²) < 4.78 is 50.0. The first kappa shape index (κ1) is 15.8. The third-order valence-electron chi connectivity index (χ3n) is 3.37. The smallest absolute Gasteiger partial charge is 0.321 e. The van der Waals surface area contributed by atoms with Crippen molar-refractivity contribution in [1.82, 2.24) is 4.90 Å². The highest BCUT2D eigenvalue weighted by Crippen LogP contribution is 2.25. The van der Waals surface area contributed by atoms with Gasteiger partial charge in [-0.15, -0.1) is 0 Å². The van der Waals surface area contributed by atoms with Crippen molar-refractivity contribution in [1.29, 1.82) is 0 Å². The topological polar surface area (TPSA) is 32.3 Å². The van der Waals surface area contributed by atoms with Crippen LogP contribution in [0.1, 0.15) is 18.4 Å². The van der Waals surface area contributed by atoms with Gasteiger partial charge < -0.3 is 5.32 Å². The predicted molar refractivity (Wildman–Crippen MR) is 70.5 cm³/mol. The Morgan fingerprint density at radius 1 is 1.29 bits per heavy atom. The molecule has 1 saturated heterocycles. The minimum absolute atomic E-state index is 0.0945. The lowest BCUT2D eigenvalue weighted by atomic mass is 10.2. The van der Waals surface area contributed by atoms with E-state index >= 15 is 0 Å². The minimum atomic E-state index is -4.69. The molecule has 1 aliphatic rings. The fourth-order valence-electron chi connectivity index (χ4n) is 2.26. The fourth-order valence-corrected chi connectivity index (χ4v) is 2.26. The quantitative estimate of drug-likeness (QED) is 0.848. The van der Waals surface area contributed by atoms with Crippen molar-refractivity contribution >= 4 is 11.6 Å². The normalized spacial score (nSPS) is 16.4. The Hall–Kier alpha value is -1.63. The number of anilines is 1. The van der Waals surface area contributed by atoms with Gasteiger partial charge in [0.2, 0.25) is 0 Å². The van der Waals surface area contributed by atoms with Crippen LogP contribution in [-0.2, 0) is 11.3 Å². The number of nitrogens with zero attached hydrogens (tertiary/aromatic N) is 1. The van der Waals surface area contributed by atoms with Gasteiger partial charge in [-0.3, -0.25) is 9.69 Å². The molecule has 116 valence electrons. The highest BCUT2D eigenvalue weighted by Gasteiger charge is 2.48. The van der Waals surface area contributed by atoms with Crippen LogP contribution >= 0.6 is 0 Å². The van der Waals surface area contributed by atoms with E-state index in [0.717, 1.165) is 31.5 Å². The van der Waals surface area contributed by atoms with Crippen LogP contribution in [0.5, 0.6) is 0 Å². The summed E-state index contributed by atoms with van der Waals surface area (Å²) in [5.41, 5.74) is 0.937. The van der Waals surface area contributed by atoms with Crippen LogP contribution in [0.15, 0.2) is 24.3 Å². The number of alkyl halides is 4. The number of hydrogen-bond donors (Lipinski definition) is 1. The lowest BCUT2D eigenvalue weighted by Crippen LogP contribution is -2.41. The molecule has 7 heteroatoms. The highest BCUT2D eigenvalue weighted by atomic mass is 19.3. The van der Waals surface area contributed by atoms with Gasteiger partial charge >= 0.3 is 18.3 Å². The minimum Gasteiger partial charge on any atom is -0.321 e. The Morgan fingerprint density at radius 2 is 1.95 bits per heavy atom. The molecule has 1 aromatic rings. The molecule has 1 heterocycles. The first-order chi connectivity index (χ1) is 9.89. The molecular formula is C14H16F4N2O. The third kappa shape index (κ3) is 3.93. The van der Waals surface area contributed by atoms with Crippen molar-refractivity contribution in [3.05, 3.63) is 29.8 Å². The molecule has 2 rings (SSSR count). The second-order valence-electron chi connectivity index (χ2n) is 5.06. The SMILES string of the molecule is O=C(Nc1cccc(CN2CCCC2)c1)C(F)(F)C(F)F. The number of carbonyl (C=O) groups is 1. The molecule has 1 aliphatic heterocycles. The Kier molecular flexibility index (Phi) is 4.82. The first-order valence-electron chi connectivity index (χ1n) is 6.68. The number of rotatable bonds is 5. The summed E-state index contributed by atoms with van der Waals surface area (Å²) in [5, 5.41) is 1.84. The molecule has 21 heavy (non-hydrogen) atoms. The number of amides is 1. The summed E-state index contributed by atoms with van der Waals surface area (Å²) in [6.07, 6.45) is -1.78. The average molecular weight is 304 g/mol. The van der Waals surface area contributed by atoms with Crippen molar-refractivity contribution < 1.29 is 22.4 Å². The standard InChI is InChI=1S/C14H16F4N2O/c15-12(16)14(17,18)13(21)19-11-5-3-4-10(8-11)9-20-6-1-2-7-20/h3-5,8,12H,1-2,6-7,9H2,(H,19,21). The van der Waals surface area contributed by atoms with E-state index in [9.17, 15) is 22.4 Å². The molecule has 0 aromatic heterocycles. The number of benzene rings is 1. The number of likely N-dealkylation sites (tertiary alicyclic amines) is 1. The van der Waals surface area contributed by atoms with Gasteiger partial charge in [-0.05, 0) is 43.6 Å². The predicted octanol–water partition coefficient (Wildman–Crippen LogP) is 3.12. The van der Waals surface area contributed by atoms with E-state index in [4.69, 9.17) is 0 Å². The largest absolute Gasteiger partial charge is 0.383 e. The number of halogens is 4. The second kappa shape index (κ2) is 6.43. The van der Waals surface area contributed by atoms with Gasteiger partial charge in [0.1, 0.15) is 0 Å². The summed E-state index contributed by atoms with van der Waals surface area (Å²) in [6, 6.07) is 6.32. The highest BCUT2D eigenvalue weighted by molar-refractivity contribution is 5.96. The van der Waals surface area contributed by atoms with E-state index in [0.29, 0.717) is 6.54 Å². The van der Waals surface area contributed by atoms with Crippen molar-refractivity contribution in [3.8, 4) is 0 Å². The van der Waals surface area contributed by atoms with Gasteiger partial charge in [-0.25, -0.2) is 8.78 Å². The van der Waals surface area contributed by atoms with Gasteiger partial charge in [-0.1, -0.05) is 12.1 Å². The zero-order chi connectivity index (χ0) is 15.5. The van der Waals surface area contributed by atoms with Crippen LogP contribution in [0, 0.1) is 0 Å².